The van der Waals surface area contributed by atoms with E-state index in [4.69, 9.17) is 4.42 Å². The summed E-state index contributed by atoms with van der Waals surface area (Å²) < 4.78 is 6.39. The summed E-state index contributed by atoms with van der Waals surface area (Å²) in [6.45, 7) is 0. The Labute approximate surface area is 183 Å². The maximum atomic E-state index is 10.7. The van der Waals surface area contributed by atoms with Crippen LogP contribution in [0.15, 0.2) is 102 Å². The molecule has 0 fully saturated rings. The van der Waals surface area contributed by atoms with Gasteiger partial charge in [-0.3, -0.25) is 4.98 Å². The number of aromatic hydroxyl groups is 1. The van der Waals surface area contributed by atoms with Gasteiger partial charge in [0.05, 0.1) is 11.3 Å². The lowest BCUT2D eigenvalue weighted by molar-refractivity contribution is 0.477. The number of rotatable bonds is 1. The molecule has 0 saturated carbocycles. The van der Waals surface area contributed by atoms with Crippen molar-refractivity contribution in [1.29, 1.82) is 0 Å². The van der Waals surface area contributed by atoms with Crippen LogP contribution in [0.4, 0.5) is 0 Å². The summed E-state index contributed by atoms with van der Waals surface area (Å²) in [5.41, 5.74) is 2.77. The topological polar surface area (TPSA) is 46.3 Å². The van der Waals surface area contributed by atoms with Gasteiger partial charge in [0.25, 0.3) is 0 Å². The van der Waals surface area contributed by atoms with Crippen molar-refractivity contribution in [3.8, 4) is 17.0 Å². The smallest absolute Gasteiger partial charge is 0.148 e. The number of phenolic OH excluding ortho intramolecular Hbond substituents is 1. The number of aromatic nitrogens is 1. The van der Waals surface area contributed by atoms with Crippen molar-refractivity contribution in [2.24, 2.45) is 0 Å². The molecule has 3 nitrogen and oxygen atoms in total. The van der Waals surface area contributed by atoms with E-state index in [9.17, 15) is 5.11 Å². The number of hydrogen-bond acceptors (Lipinski definition) is 3. The van der Waals surface area contributed by atoms with Crippen molar-refractivity contribution in [2.75, 3.05) is 0 Å². The zero-order valence-corrected chi connectivity index (χ0v) is 17.0. The summed E-state index contributed by atoms with van der Waals surface area (Å²) in [6.07, 6.45) is 1.73. The highest BCUT2D eigenvalue weighted by atomic mass is 16.3. The molecule has 0 unspecified atom stereocenters. The van der Waals surface area contributed by atoms with E-state index in [2.05, 4.69) is 65.6 Å². The third kappa shape index (κ3) is 2.28. The molecule has 2 aromatic heterocycles. The molecule has 7 rings (SSSR count). The van der Waals surface area contributed by atoms with E-state index >= 15 is 0 Å². The summed E-state index contributed by atoms with van der Waals surface area (Å²) in [7, 11) is 0. The normalized spacial score (nSPS) is 11.9. The number of fused-ring (bicyclic) bond motifs is 9. The van der Waals surface area contributed by atoms with Gasteiger partial charge in [-0.25, -0.2) is 0 Å². The zero-order valence-electron chi connectivity index (χ0n) is 17.0. The van der Waals surface area contributed by atoms with Gasteiger partial charge in [0.2, 0.25) is 0 Å². The predicted octanol–water partition coefficient (Wildman–Crippen LogP) is 7.81. The third-order valence-corrected chi connectivity index (χ3v) is 6.40. The molecule has 0 atom stereocenters. The summed E-state index contributed by atoms with van der Waals surface area (Å²) in [4.78, 5) is 4.45. The number of pyridine rings is 1. The first kappa shape index (κ1) is 17.3. The van der Waals surface area contributed by atoms with Crippen molar-refractivity contribution in [1.82, 2.24) is 4.98 Å². The summed E-state index contributed by atoms with van der Waals surface area (Å²) >= 11 is 0. The monoisotopic (exact) mass is 411 g/mol. The van der Waals surface area contributed by atoms with Crippen LogP contribution in [0.25, 0.3) is 65.5 Å². The Morgan fingerprint density at radius 2 is 1.19 bits per heavy atom. The molecule has 0 radical (unpaired) electrons. The van der Waals surface area contributed by atoms with Gasteiger partial charge >= 0.3 is 0 Å². The van der Waals surface area contributed by atoms with E-state index in [1.54, 1.807) is 12.3 Å². The molecule has 1 N–H and O–H groups in total. The maximum Gasteiger partial charge on any atom is 0.148 e. The maximum absolute atomic E-state index is 10.7. The fraction of sp³-hybridized carbons (Fsp3) is 0. The van der Waals surface area contributed by atoms with Gasteiger partial charge in [-0.1, -0.05) is 54.6 Å². The second-order valence-electron chi connectivity index (χ2n) is 8.14. The number of hydrogen-bond donors (Lipinski definition) is 1. The second kappa shape index (κ2) is 6.32. The highest BCUT2D eigenvalue weighted by Crippen LogP contribution is 2.43. The molecule has 3 heteroatoms. The number of furan rings is 1. The SMILES string of the molecule is Oc1ccc2c(oc3cc4c5ccccc5c5ccccc5c4cc32)c1-c1ccccn1. The average Bonchev–Trinajstić information content (AvgIpc) is 3.21. The molecule has 150 valence electrons. The van der Waals surface area contributed by atoms with Gasteiger partial charge in [-0.2, -0.15) is 0 Å². The molecule has 2 heterocycles. The van der Waals surface area contributed by atoms with Crippen molar-refractivity contribution in [3.05, 3.63) is 97.2 Å². The molecule has 7 aromatic rings. The Bertz CT molecular complexity index is 1830. The van der Waals surface area contributed by atoms with Gasteiger partial charge in [0.1, 0.15) is 16.9 Å². The van der Waals surface area contributed by atoms with Gasteiger partial charge in [-0.15, -0.1) is 0 Å². The van der Waals surface area contributed by atoms with Gasteiger partial charge in [0.15, 0.2) is 0 Å². The van der Waals surface area contributed by atoms with Crippen molar-refractivity contribution in [2.45, 2.75) is 0 Å². The molecule has 32 heavy (non-hydrogen) atoms. The minimum Gasteiger partial charge on any atom is -0.507 e. The van der Waals surface area contributed by atoms with Crippen LogP contribution in [0.3, 0.4) is 0 Å². The minimum atomic E-state index is 0.163. The quantitative estimate of drug-likeness (QED) is 0.280. The summed E-state index contributed by atoms with van der Waals surface area (Å²) in [5, 5.41) is 19.9. The van der Waals surface area contributed by atoms with E-state index in [0.717, 1.165) is 21.7 Å². The Hall–Kier alpha value is -4.37. The standard InChI is InChI=1S/C29H17NO2/c31-26-13-12-21-24-15-22-19-9-3-1-7-17(19)18-8-2-4-10-20(18)23(22)16-27(24)32-29(21)28(26)25-11-5-6-14-30-25/h1-16,31H. The molecule has 0 spiro atoms. The summed E-state index contributed by atoms with van der Waals surface area (Å²) in [5.74, 6) is 0.163. The lowest BCUT2D eigenvalue weighted by Gasteiger charge is -2.10. The zero-order chi connectivity index (χ0) is 21.2. The molecule has 0 amide bonds. The van der Waals surface area contributed by atoms with Crippen molar-refractivity contribution < 1.29 is 9.52 Å². The van der Waals surface area contributed by atoms with Crippen LogP contribution >= 0.6 is 0 Å². The molecule has 0 aliphatic rings. The van der Waals surface area contributed by atoms with E-state index in [-0.39, 0.29) is 5.75 Å². The molecular formula is C29H17NO2. The Kier molecular flexibility index (Phi) is 3.42. The highest BCUT2D eigenvalue weighted by Gasteiger charge is 2.18. The first-order valence-corrected chi connectivity index (χ1v) is 10.6. The predicted molar refractivity (Wildman–Crippen MR) is 131 cm³/mol. The van der Waals surface area contributed by atoms with Gasteiger partial charge in [0, 0.05) is 17.0 Å². The number of phenols is 1. The van der Waals surface area contributed by atoms with E-state index < -0.39 is 0 Å². The molecule has 0 bridgehead atoms. The number of nitrogens with zero attached hydrogens (tertiary/aromatic N) is 1. The van der Waals surface area contributed by atoms with Gasteiger partial charge in [-0.05, 0) is 68.7 Å². The lowest BCUT2D eigenvalue weighted by atomic mass is 9.93. The van der Waals surface area contributed by atoms with E-state index in [1.165, 1.54) is 26.9 Å². The molecule has 0 aliphatic heterocycles. The first-order chi connectivity index (χ1) is 15.8. The van der Waals surface area contributed by atoms with Crippen LogP contribution in [0.1, 0.15) is 0 Å². The van der Waals surface area contributed by atoms with Crippen LogP contribution in [0, 0.1) is 0 Å². The average molecular weight is 411 g/mol. The van der Waals surface area contributed by atoms with Crippen LogP contribution in [0.5, 0.6) is 5.75 Å². The molecular weight excluding hydrogens is 394 g/mol. The van der Waals surface area contributed by atoms with Crippen LogP contribution in [-0.2, 0) is 0 Å². The van der Waals surface area contributed by atoms with Crippen molar-refractivity contribution in [3.63, 3.8) is 0 Å². The fourth-order valence-corrected chi connectivity index (χ4v) is 4.98. The minimum absolute atomic E-state index is 0.163. The molecule has 5 aromatic carbocycles. The Morgan fingerprint density at radius 1 is 0.562 bits per heavy atom. The number of benzene rings is 5. The first-order valence-electron chi connectivity index (χ1n) is 10.6. The highest BCUT2D eigenvalue weighted by molar-refractivity contribution is 6.28. The lowest BCUT2D eigenvalue weighted by Crippen LogP contribution is -1.84. The van der Waals surface area contributed by atoms with Crippen LogP contribution < -0.4 is 0 Å². The molecule has 0 aliphatic carbocycles. The van der Waals surface area contributed by atoms with Crippen molar-refractivity contribution >= 4 is 54.3 Å². The van der Waals surface area contributed by atoms with E-state index in [0.29, 0.717) is 16.8 Å². The third-order valence-electron chi connectivity index (χ3n) is 6.40. The van der Waals surface area contributed by atoms with Gasteiger partial charge < -0.3 is 9.52 Å². The molecule has 0 saturated heterocycles. The Balaban J connectivity index is 1.69. The van der Waals surface area contributed by atoms with Crippen LogP contribution in [0.2, 0.25) is 0 Å². The fourth-order valence-electron chi connectivity index (χ4n) is 4.98. The van der Waals surface area contributed by atoms with E-state index in [1.807, 2.05) is 24.3 Å². The Morgan fingerprint density at radius 3 is 1.84 bits per heavy atom. The summed E-state index contributed by atoms with van der Waals surface area (Å²) in [6, 6.07) is 30.7. The largest absolute Gasteiger partial charge is 0.507 e. The second-order valence-corrected chi connectivity index (χ2v) is 8.14. The van der Waals surface area contributed by atoms with Crippen LogP contribution in [-0.4, -0.2) is 10.1 Å².